The molecule has 0 unspecified atom stereocenters. The third kappa shape index (κ3) is 3.72. The van der Waals surface area contributed by atoms with Crippen molar-refractivity contribution >= 4 is 11.3 Å². The molecule has 3 aromatic rings. The van der Waals surface area contributed by atoms with Gasteiger partial charge in [0.1, 0.15) is 10.7 Å². The lowest BCUT2D eigenvalue weighted by atomic mass is 10.1. The SMILES string of the molecule is O=c1ccc(-c2ccc(-n3ccnc3)s2)nn1CCN1CCCCC1. The van der Waals surface area contributed by atoms with Crippen molar-refractivity contribution in [3.05, 3.63) is 53.3 Å². The Balaban J connectivity index is 1.52. The van der Waals surface area contributed by atoms with Gasteiger partial charge in [-0.25, -0.2) is 9.67 Å². The van der Waals surface area contributed by atoms with Crippen LogP contribution in [-0.2, 0) is 6.54 Å². The van der Waals surface area contributed by atoms with Crippen molar-refractivity contribution in [1.82, 2.24) is 24.2 Å². The highest BCUT2D eigenvalue weighted by Crippen LogP contribution is 2.28. The van der Waals surface area contributed by atoms with Crippen LogP contribution in [-0.4, -0.2) is 43.9 Å². The number of hydrogen-bond acceptors (Lipinski definition) is 5. The Bertz CT molecular complexity index is 877. The molecule has 0 radical (unpaired) electrons. The Morgan fingerprint density at radius 2 is 1.92 bits per heavy atom. The molecule has 6 nitrogen and oxygen atoms in total. The summed E-state index contributed by atoms with van der Waals surface area (Å²) in [7, 11) is 0. The molecule has 0 N–H and O–H groups in total. The van der Waals surface area contributed by atoms with Crippen molar-refractivity contribution in [3.8, 4) is 15.6 Å². The van der Waals surface area contributed by atoms with Crippen LogP contribution in [0.15, 0.2) is 47.8 Å². The van der Waals surface area contributed by atoms with E-state index in [9.17, 15) is 4.79 Å². The fraction of sp³-hybridized carbons (Fsp3) is 0.389. The molecule has 3 aromatic heterocycles. The number of likely N-dealkylation sites (tertiary alicyclic amines) is 1. The van der Waals surface area contributed by atoms with Crippen LogP contribution in [0.3, 0.4) is 0 Å². The molecule has 1 saturated heterocycles. The topological polar surface area (TPSA) is 56.0 Å². The average Bonchev–Trinajstić information content (AvgIpc) is 3.33. The average molecular weight is 355 g/mol. The maximum atomic E-state index is 12.1. The maximum absolute atomic E-state index is 12.1. The fourth-order valence-electron chi connectivity index (χ4n) is 3.15. The summed E-state index contributed by atoms with van der Waals surface area (Å²) in [5.41, 5.74) is 0.807. The van der Waals surface area contributed by atoms with Gasteiger partial charge in [0, 0.05) is 25.0 Å². The molecule has 1 aliphatic heterocycles. The molecule has 0 saturated carbocycles. The first-order valence-corrected chi connectivity index (χ1v) is 9.50. The lowest BCUT2D eigenvalue weighted by molar-refractivity contribution is 0.216. The number of hydrogen-bond donors (Lipinski definition) is 0. The Morgan fingerprint density at radius 3 is 2.72 bits per heavy atom. The molecule has 7 heteroatoms. The summed E-state index contributed by atoms with van der Waals surface area (Å²) >= 11 is 1.64. The zero-order valence-electron chi connectivity index (χ0n) is 14.0. The molecule has 0 bridgehead atoms. The lowest BCUT2D eigenvalue weighted by Crippen LogP contribution is -2.35. The first-order chi connectivity index (χ1) is 12.3. The molecule has 0 aliphatic carbocycles. The standard InChI is InChI=1S/C18H21N5OS/c24-17-6-4-15(16-5-7-18(25-16)22-11-8-19-14-22)20-23(17)13-12-21-9-2-1-3-10-21/h4-8,11,14H,1-3,9-10,12-13H2. The number of thiophene rings is 1. The van der Waals surface area contributed by atoms with Crippen LogP contribution in [0.25, 0.3) is 15.6 Å². The smallest absolute Gasteiger partial charge is 0.266 e. The minimum atomic E-state index is -0.0350. The Morgan fingerprint density at radius 1 is 1.04 bits per heavy atom. The van der Waals surface area contributed by atoms with Crippen molar-refractivity contribution in [3.63, 3.8) is 0 Å². The molecular weight excluding hydrogens is 334 g/mol. The summed E-state index contributed by atoms with van der Waals surface area (Å²) < 4.78 is 3.57. The second kappa shape index (κ2) is 7.33. The van der Waals surface area contributed by atoms with E-state index in [0.717, 1.165) is 35.2 Å². The van der Waals surface area contributed by atoms with Crippen molar-refractivity contribution in [2.75, 3.05) is 19.6 Å². The number of imidazole rings is 1. The third-order valence-electron chi connectivity index (χ3n) is 4.55. The van der Waals surface area contributed by atoms with Gasteiger partial charge in [0.25, 0.3) is 5.56 Å². The van der Waals surface area contributed by atoms with Gasteiger partial charge in [-0.2, -0.15) is 5.10 Å². The Hall–Kier alpha value is -2.25. The number of nitrogens with zero attached hydrogens (tertiary/aromatic N) is 5. The first-order valence-electron chi connectivity index (χ1n) is 8.69. The molecule has 0 spiro atoms. The van der Waals surface area contributed by atoms with Crippen LogP contribution in [0.2, 0.25) is 0 Å². The summed E-state index contributed by atoms with van der Waals surface area (Å²) in [4.78, 5) is 19.7. The van der Waals surface area contributed by atoms with Crippen LogP contribution >= 0.6 is 11.3 Å². The van der Waals surface area contributed by atoms with Gasteiger partial charge in [-0.05, 0) is 44.1 Å². The van der Waals surface area contributed by atoms with Gasteiger partial charge in [0.2, 0.25) is 0 Å². The summed E-state index contributed by atoms with van der Waals surface area (Å²) in [6.07, 6.45) is 9.30. The summed E-state index contributed by atoms with van der Waals surface area (Å²) in [6, 6.07) is 7.52. The quantitative estimate of drug-likeness (QED) is 0.706. The number of aromatic nitrogens is 4. The minimum Gasteiger partial charge on any atom is -0.301 e. The molecule has 4 rings (SSSR count). The number of piperidine rings is 1. The van der Waals surface area contributed by atoms with E-state index >= 15 is 0 Å². The van der Waals surface area contributed by atoms with Crippen LogP contribution in [0.1, 0.15) is 19.3 Å². The van der Waals surface area contributed by atoms with E-state index in [1.54, 1.807) is 34.6 Å². The first kappa shape index (κ1) is 16.2. The van der Waals surface area contributed by atoms with Gasteiger partial charge < -0.3 is 4.90 Å². The van der Waals surface area contributed by atoms with E-state index in [2.05, 4.69) is 15.0 Å². The van der Waals surface area contributed by atoms with E-state index in [4.69, 9.17) is 0 Å². The summed E-state index contributed by atoms with van der Waals surface area (Å²) in [5, 5.41) is 5.67. The van der Waals surface area contributed by atoms with Crippen LogP contribution in [0, 0.1) is 0 Å². The van der Waals surface area contributed by atoms with Gasteiger partial charge in [-0.1, -0.05) is 6.42 Å². The monoisotopic (exact) mass is 355 g/mol. The Kier molecular flexibility index (Phi) is 4.76. The predicted octanol–water partition coefficient (Wildman–Crippen LogP) is 2.64. The van der Waals surface area contributed by atoms with E-state index in [1.807, 2.05) is 29.0 Å². The summed E-state index contributed by atoms with van der Waals surface area (Å²) in [6.45, 7) is 3.80. The Labute approximate surface area is 150 Å². The molecule has 0 amide bonds. The minimum absolute atomic E-state index is 0.0350. The second-order valence-electron chi connectivity index (χ2n) is 6.29. The fourth-order valence-corrected chi connectivity index (χ4v) is 4.08. The van der Waals surface area contributed by atoms with Gasteiger partial charge in [0.05, 0.1) is 17.7 Å². The highest BCUT2D eigenvalue weighted by molar-refractivity contribution is 7.17. The highest BCUT2D eigenvalue weighted by atomic mass is 32.1. The zero-order valence-corrected chi connectivity index (χ0v) is 14.9. The van der Waals surface area contributed by atoms with Crippen LogP contribution < -0.4 is 5.56 Å². The maximum Gasteiger partial charge on any atom is 0.266 e. The molecule has 130 valence electrons. The van der Waals surface area contributed by atoms with E-state index in [-0.39, 0.29) is 5.56 Å². The molecule has 4 heterocycles. The molecule has 0 atom stereocenters. The molecular formula is C18H21N5OS. The molecule has 25 heavy (non-hydrogen) atoms. The van der Waals surface area contributed by atoms with Crippen molar-refractivity contribution in [2.45, 2.75) is 25.8 Å². The van der Waals surface area contributed by atoms with Crippen LogP contribution in [0.4, 0.5) is 0 Å². The van der Waals surface area contributed by atoms with Crippen molar-refractivity contribution in [2.24, 2.45) is 0 Å². The molecule has 1 aliphatic rings. The second-order valence-corrected chi connectivity index (χ2v) is 7.35. The third-order valence-corrected chi connectivity index (χ3v) is 5.67. The zero-order chi connectivity index (χ0) is 17.1. The summed E-state index contributed by atoms with van der Waals surface area (Å²) in [5.74, 6) is 0. The predicted molar refractivity (Wildman–Crippen MR) is 99.2 cm³/mol. The van der Waals surface area contributed by atoms with Gasteiger partial charge >= 0.3 is 0 Å². The molecule has 1 fully saturated rings. The lowest BCUT2D eigenvalue weighted by Gasteiger charge is -2.26. The highest BCUT2D eigenvalue weighted by Gasteiger charge is 2.11. The van der Waals surface area contributed by atoms with Crippen LogP contribution in [0.5, 0.6) is 0 Å². The number of rotatable bonds is 5. The van der Waals surface area contributed by atoms with Gasteiger partial charge in [-0.3, -0.25) is 9.36 Å². The molecule has 0 aromatic carbocycles. The van der Waals surface area contributed by atoms with E-state index in [0.29, 0.717) is 6.54 Å². The van der Waals surface area contributed by atoms with Gasteiger partial charge in [0.15, 0.2) is 0 Å². The normalized spacial score (nSPS) is 15.5. The van der Waals surface area contributed by atoms with Crippen molar-refractivity contribution < 1.29 is 0 Å². The van der Waals surface area contributed by atoms with E-state index in [1.165, 1.54) is 19.3 Å². The van der Waals surface area contributed by atoms with Crippen molar-refractivity contribution in [1.29, 1.82) is 0 Å². The van der Waals surface area contributed by atoms with Gasteiger partial charge in [-0.15, -0.1) is 11.3 Å². The largest absolute Gasteiger partial charge is 0.301 e. The van der Waals surface area contributed by atoms with E-state index < -0.39 is 0 Å².